The summed E-state index contributed by atoms with van der Waals surface area (Å²) in [6.45, 7) is 3.48. The van der Waals surface area contributed by atoms with Gasteiger partial charge in [-0.25, -0.2) is 4.68 Å². The zero-order valence-electron chi connectivity index (χ0n) is 15.2. The summed E-state index contributed by atoms with van der Waals surface area (Å²) in [7, 11) is 1.94. The predicted molar refractivity (Wildman–Crippen MR) is 102 cm³/mol. The predicted octanol–water partition coefficient (Wildman–Crippen LogP) is 4.98. The number of rotatable bonds is 7. The largest absolute Gasteiger partial charge is 0.473 e. The van der Waals surface area contributed by atoms with Crippen LogP contribution < -0.4 is 10.1 Å². The van der Waals surface area contributed by atoms with Crippen molar-refractivity contribution >= 4 is 11.6 Å². The fourth-order valence-electron chi connectivity index (χ4n) is 3.68. The molecule has 0 saturated heterocycles. The van der Waals surface area contributed by atoms with E-state index < -0.39 is 0 Å². The van der Waals surface area contributed by atoms with Crippen molar-refractivity contribution in [2.24, 2.45) is 5.92 Å². The maximum absolute atomic E-state index is 6.26. The highest BCUT2D eigenvalue weighted by atomic mass is 35.5. The van der Waals surface area contributed by atoms with Crippen LogP contribution in [0.15, 0.2) is 30.3 Å². The molecular weight excluding hydrogens is 334 g/mol. The van der Waals surface area contributed by atoms with E-state index in [9.17, 15) is 0 Å². The Morgan fingerprint density at radius 2 is 2.04 bits per heavy atom. The first-order valence-electron chi connectivity index (χ1n) is 9.28. The Kier molecular flexibility index (Phi) is 6.38. The third kappa shape index (κ3) is 4.56. The van der Waals surface area contributed by atoms with Gasteiger partial charge >= 0.3 is 0 Å². The molecule has 25 heavy (non-hydrogen) atoms. The Morgan fingerprint density at radius 1 is 1.28 bits per heavy atom. The molecular formula is C20H28ClN3O. The highest BCUT2D eigenvalue weighted by Crippen LogP contribution is 2.35. The Bertz CT molecular complexity index is 679. The van der Waals surface area contributed by atoms with Gasteiger partial charge in [0.2, 0.25) is 5.88 Å². The monoisotopic (exact) mass is 361 g/mol. The van der Waals surface area contributed by atoms with Crippen LogP contribution in [0.5, 0.6) is 5.88 Å². The van der Waals surface area contributed by atoms with E-state index in [1.165, 1.54) is 32.1 Å². The van der Waals surface area contributed by atoms with Gasteiger partial charge in [0.15, 0.2) is 0 Å². The summed E-state index contributed by atoms with van der Waals surface area (Å²) in [5, 5.41) is 8.72. The van der Waals surface area contributed by atoms with Crippen molar-refractivity contribution in [2.45, 2.75) is 58.2 Å². The lowest BCUT2D eigenvalue weighted by Crippen LogP contribution is -2.21. The molecule has 1 heterocycles. The van der Waals surface area contributed by atoms with Crippen LogP contribution in [0.25, 0.3) is 0 Å². The quantitative estimate of drug-likeness (QED) is 0.756. The van der Waals surface area contributed by atoms with E-state index in [4.69, 9.17) is 21.4 Å². The number of benzene rings is 1. The van der Waals surface area contributed by atoms with E-state index in [1.54, 1.807) is 0 Å². The van der Waals surface area contributed by atoms with Crippen LogP contribution in [0, 0.1) is 5.92 Å². The molecule has 1 saturated carbocycles. The Hall–Kier alpha value is -1.52. The molecule has 2 aromatic rings. The zero-order valence-corrected chi connectivity index (χ0v) is 15.9. The summed E-state index contributed by atoms with van der Waals surface area (Å²) < 4.78 is 8.21. The molecule has 0 aliphatic heterocycles. The third-order valence-electron chi connectivity index (χ3n) is 5.16. The number of ether oxygens (including phenoxy) is 1. The fraction of sp³-hybridized carbons (Fsp3) is 0.550. The minimum Gasteiger partial charge on any atom is -0.473 e. The molecule has 1 aromatic carbocycles. The highest BCUT2D eigenvalue weighted by Gasteiger charge is 2.25. The van der Waals surface area contributed by atoms with Gasteiger partial charge in [-0.15, -0.1) is 0 Å². The molecule has 0 bridgehead atoms. The van der Waals surface area contributed by atoms with E-state index in [-0.39, 0.29) is 0 Å². The first-order chi connectivity index (χ1) is 12.2. The summed E-state index contributed by atoms with van der Waals surface area (Å²) in [4.78, 5) is 0. The molecule has 1 aliphatic carbocycles. The summed E-state index contributed by atoms with van der Waals surface area (Å²) in [6, 6.07) is 10.2. The second-order valence-corrected chi connectivity index (χ2v) is 7.37. The van der Waals surface area contributed by atoms with Crippen molar-refractivity contribution in [2.75, 3.05) is 7.05 Å². The van der Waals surface area contributed by atoms with Crippen LogP contribution in [-0.4, -0.2) is 16.8 Å². The van der Waals surface area contributed by atoms with Gasteiger partial charge in [0.05, 0.1) is 11.7 Å². The van der Waals surface area contributed by atoms with Crippen molar-refractivity contribution < 1.29 is 4.74 Å². The minimum absolute atomic E-state index is 0.354. The van der Waals surface area contributed by atoms with Gasteiger partial charge in [-0.3, -0.25) is 0 Å². The minimum atomic E-state index is 0.354. The van der Waals surface area contributed by atoms with Crippen LogP contribution >= 0.6 is 11.6 Å². The van der Waals surface area contributed by atoms with E-state index in [0.717, 1.165) is 28.7 Å². The van der Waals surface area contributed by atoms with Crippen LogP contribution in [0.3, 0.4) is 0 Å². The van der Waals surface area contributed by atoms with Crippen LogP contribution in [-0.2, 0) is 13.2 Å². The molecule has 5 heteroatoms. The van der Waals surface area contributed by atoms with Gasteiger partial charge in [0.25, 0.3) is 0 Å². The maximum Gasteiger partial charge on any atom is 0.212 e. The number of hydrogen-bond acceptors (Lipinski definition) is 3. The van der Waals surface area contributed by atoms with Crippen molar-refractivity contribution in [3.8, 4) is 5.88 Å². The molecule has 0 radical (unpaired) electrons. The van der Waals surface area contributed by atoms with Crippen molar-refractivity contribution in [1.29, 1.82) is 0 Å². The normalized spacial score (nSPS) is 16.8. The molecule has 1 N–H and O–H groups in total. The number of nitrogens with one attached hydrogen (secondary N) is 1. The standard InChI is InChI=1S/C20H28ClN3O/c1-15(16-8-4-3-5-9-16)24-20(12-18(23-24)13-22-2)25-14-17-10-6-7-11-19(17)21/h6-7,10-12,15-16,22H,3-5,8-9,13-14H2,1-2H3. The molecule has 136 valence electrons. The average Bonchev–Trinajstić information content (AvgIpc) is 3.04. The topological polar surface area (TPSA) is 39.1 Å². The van der Waals surface area contributed by atoms with Crippen LogP contribution in [0.2, 0.25) is 5.02 Å². The van der Waals surface area contributed by atoms with Crippen molar-refractivity contribution in [3.05, 3.63) is 46.6 Å². The fourth-order valence-corrected chi connectivity index (χ4v) is 3.87. The van der Waals surface area contributed by atoms with Gasteiger partial charge in [-0.2, -0.15) is 5.10 Å². The molecule has 1 fully saturated rings. The van der Waals surface area contributed by atoms with Gasteiger partial charge < -0.3 is 10.1 Å². The van der Waals surface area contributed by atoms with Crippen molar-refractivity contribution in [1.82, 2.24) is 15.1 Å². The number of nitrogens with zero attached hydrogens (tertiary/aromatic N) is 2. The second-order valence-electron chi connectivity index (χ2n) is 6.97. The van der Waals surface area contributed by atoms with E-state index in [1.807, 2.05) is 37.4 Å². The number of hydrogen-bond donors (Lipinski definition) is 1. The van der Waals surface area contributed by atoms with Crippen LogP contribution in [0.4, 0.5) is 0 Å². The molecule has 0 spiro atoms. The molecule has 1 aromatic heterocycles. The van der Waals surface area contributed by atoms with Gasteiger partial charge in [0.1, 0.15) is 6.61 Å². The summed E-state index contributed by atoms with van der Waals surface area (Å²) in [6.07, 6.45) is 6.59. The number of aromatic nitrogens is 2. The van der Waals surface area contributed by atoms with E-state index in [2.05, 4.69) is 16.9 Å². The summed E-state index contributed by atoms with van der Waals surface area (Å²) in [5.41, 5.74) is 2.01. The highest BCUT2D eigenvalue weighted by molar-refractivity contribution is 6.31. The Morgan fingerprint density at radius 3 is 2.76 bits per heavy atom. The van der Waals surface area contributed by atoms with Gasteiger partial charge in [-0.05, 0) is 38.8 Å². The Labute approximate surface area is 155 Å². The molecule has 0 amide bonds. The average molecular weight is 362 g/mol. The van der Waals surface area contributed by atoms with Gasteiger partial charge in [-0.1, -0.05) is 49.1 Å². The first-order valence-corrected chi connectivity index (χ1v) is 9.66. The zero-order chi connectivity index (χ0) is 17.6. The van der Waals surface area contributed by atoms with Gasteiger partial charge in [0, 0.05) is 23.2 Å². The third-order valence-corrected chi connectivity index (χ3v) is 5.53. The smallest absolute Gasteiger partial charge is 0.212 e. The maximum atomic E-state index is 6.26. The Balaban J connectivity index is 1.77. The lowest BCUT2D eigenvalue weighted by atomic mass is 9.85. The molecule has 3 rings (SSSR count). The van der Waals surface area contributed by atoms with E-state index in [0.29, 0.717) is 18.6 Å². The second kappa shape index (κ2) is 8.72. The summed E-state index contributed by atoms with van der Waals surface area (Å²) in [5.74, 6) is 1.52. The van der Waals surface area contributed by atoms with Crippen LogP contribution in [0.1, 0.15) is 56.3 Å². The number of halogens is 1. The molecule has 1 aliphatic rings. The SMILES string of the molecule is CNCc1cc(OCc2ccccc2Cl)n(C(C)C2CCCCC2)n1. The first kappa shape index (κ1) is 18.3. The van der Waals surface area contributed by atoms with Crippen molar-refractivity contribution in [3.63, 3.8) is 0 Å². The van der Waals surface area contributed by atoms with E-state index >= 15 is 0 Å². The molecule has 4 nitrogen and oxygen atoms in total. The lowest BCUT2D eigenvalue weighted by molar-refractivity contribution is 0.209. The summed E-state index contributed by atoms with van der Waals surface area (Å²) >= 11 is 6.26. The lowest BCUT2D eigenvalue weighted by Gasteiger charge is -2.28. The molecule has 1 atom stereocenters. The molecule has 1 unspecified atom stereocenters.